The third-order valence-electron chi connectivity index (χ3n) is 9.01. The van der Waals surface area contributed by atoms with Crippen LogP contribution in [0.1, 0.15) is 47.1 Å². The highest BCUT2D eigenvalue weighted by molar-refractivity contribution is 8.02. The number of ether oxygens (including phenoxy) is 1. The molecule has 7 heteroatoms. The van der Waals surface area contributed by atoms with E-state index in [2.05, 4.69) is 22.9 Å². The number of allylic oxidation sites excluding steroid dienone is 1. The molecule has 1 heterocycles. The van der Waals surface area contributed by atoms with E-state index in [0.29, 0.717) is 24.4 Å². The Kier molecular flexibility index (Phi) is 6.78. The standard InChI is InChI=1S/C36H31N3O3S/c1-35(23-36(39(2)41)30-14-8-6-12-28(30)33(35)29-13-7-9-15-31(29)36)34(40)38-32-22-43-21-25(37-32)20-24-16-18-27(19-17-24)42-26-10-4-3-5-11-26/h3-19,21,33H,20,22-23H2,1-2H3/p+1. The maximum atomic E-state index is 14.3. The van der Waals surface area contributed by atoms with Crippen LogP contribution in [-0.2, 0) is 16.8 Å². The van der Waals surface area contributed by atoms with E-state index in [1.54, 1.807) is 18.8 Å². The molecule has 4 aliphatic rings. The van der Waals surface area contributed by atoms with Gasteiger partial charge in [0, 0.05) is 39.6 Å². The molecule has 6 nitrogen and oxygen atoms in total. The number of carbonyl (C=O) groups excluding carboxylic acids is 1. The number of hydrogen-bond donors (Lipinski definition) is 1. The zero-order valence-corrected chi connectivity index (χ0v) is 24.9. The lowest BCUT2D eigenvalue weighted by Gasteiger charge is -2.52. The molecular formula is C36H32N3O3S+. The van der Waals surface area contributed by atoms with Gasteiger partial charge in [-0.25, -0.2) is 4.99 Å². The number of aliphatic imine (C=N–C) groups is 1. The maximum absolute atomic E-state index is 14.3. The second-order valence-electron chi connectivity index (χ2n) is 11.7. The van der Waals surface area contributed by atoms with Gasteiger partial charge in [0.2, 0.25) is 5.91 Å². The van der Waals surface area contributed by atoms with E-state index in [0.717, 1.165) is 49.8 Å². The second kappa shape index (κ2) is 10.7. The first-order valence-electron chi connectivity index (χ1n) is 14.5. The van der Waals surface area contributed by atoms with Crippen LogP contribution in [0.15, 0.2) is 119 Å². The van der Waals surface area contributed by atoms with Crippen LogP contribution in [0.3, 0.4) is 0 Å². The number of benzene rings is 4. The van der Waals surface area contributed by atoms with Gasteiger partial charge in [-0.2, -0.15) is 0 Å². The summed E-state index contributed by atoms with van der Waals surface area (Å²) in [5.74, 6) is 2.54. The summed E-state index contributed by atoms with van der Waals surface area (Å²) in [5, 5.41) is 5.25. The number of nitrogens with zero attached hydrogens (tertiary/aromatic N) is 2. The lowest BCUT2D eigenvalue weighted by Crippen LogP contribution is -2.59. The minimum Gasteiger partial charge on any atom is -0.457 e. The van der Waals surface area contributed by atoms with Crippen molar-refractivity contribution in [1.29, 1.82) is 0 Å². The monoisotopic (exact) mass is 586 g/mol. The first-order chi connectivity index (χ1) is 20.9. The van der Waals surface area contributed by atoms with Crippen molar-refractivity contribution >= 4 is 23.5 Å². The summed E-state index contributed by atoms with van der Waals surface area (Å²) < 4.78 is 6.97. The van der Waals surface area contributed by atoms with Gasteiger partial charge >= 0.3 is 0 Å². The van der Waals surface area contributed by atoms with E-state index >= 15 is 0 Å². The smallest absolute Gasteiger partial charge is 0.261 e. The summed E-state index contributed by atoms with van der Waals surface area (Å²) in [6, 6.07) is 33.9. The minimum atomic E-state index is -0.932. The second-order valence-corrected chi connectivity index (χ2v) is 12.6. The number of nitroso groups, excluding NO2 is 1. The van der Waals surface area contributed by atoms with Gasteiger partial charge in [-0.05, 0) is 53.3 Å². The van der Waals surface area contributed by atoms with Gasteiger partial charge in [-0.15, -0.1) is 11.8 Å². The largest absolute Gasteiger partial charge is 0.457 e. The number of carbonyl (C=O) groups is 1. The predicted octanol–water partition coefficient (Wildman–Crippen LogP) is 7.33. The van der Waals surface area contributed by atoms with Crippen molar-refractivity contribution < 1.29 is 14.3 Å². The first kappa shape index (κ1) is 27.3. The molecular weight excluding hydrogens is 554 g/mol. The number of nitrogens with one attached hydrogen (secondary N) is 1. The molecule has 0 spiro atoms. The normalized spacial score (nSPS) is 23.3. The van der Waals surface area contributed by atoms with Crippen molar-refractivity contribution in [3.8, 4) is 11.5 Å². The Hall–Kier alpha value is -4.49. The van der Waals surface area contributed by atoms with Crippen LogP contribution in [0.25, 0.3) is 0 Å². The van der Waals surface area contributed by atoms with Gasteiger partial charge in [0.15, 0.2) is 7.05 Å². The third-order valence-corrected chi connectivity index (χ3v) is 9.89. The molecule has 4 aromatic rings. The number of rotatable bonds is 6. The molecule has 2 bridgehead atoms. The fourth-order valence-corrected chi connectivity index (χ4v) is 7.82. The summed E-state index contributed by atoms with van der Waals surface area (Å²) in [5.41, 5.74) is 4.32. The lowest BCUT2D eigenvalue weighted by atomic mass is 9.49. The fourth-order valence-electron chi connectivity index (χ4n) is 7.11. The highest BCUT2D eigenvalue weighted by Gasteiger charge is 2.67. The summed E-state index contributed by atoms with van der Waals surface area (Å²) in [6.07, 6.45) is 1.04. The van der Waals surface area contributed by atoms with Crippen LogP contribution in [0.4, 0.5) is 0 Å². The van der Waals surface area contributed by atoms with Crippen molar-refractivity contribution in [2.24, 2.45) is 10.4 Å². The summed E-state index contributed by atoms with van der Waals surface area (Å²) in [7, 11) is 1.58. The van der Waals surface area contributed by atoms with Crippen molar-refractivity contribution in [1.82, 2.24) is 5.32 Å². The highest BCUT2D eigenvalue weighted by atomic mass is 32.2. The molecule has 214 valence electrons. The number of thioether (sulfide) groups is 1. The van der Waals surface area contributed by atoms with Crippen molar-refractivity contribution in [2.75, 3.05) is 12.8 Å². The van der Waals surface area contributed by atoms with E-state index in [9.17, 15) is 9.70 Å². The van der Waals surface area contributed by atoms with Gasteiger partial charge in [0.05, 0.1) is 16.9 Å². The Morgan fingerprint density at radius 3 is 2.16 bits per heavy atom. The predicted molar refractivity (Wildman–Crippen MR) is 171 cm³/mol. The topological polar surface area (TPSA) is 70.8 Å². The fraction of sp³-hybridized carbons (Fsp3) is 0.222. The van der Waals surface area contributed by atoms with E-state index in [4.69, 9.17) is 9.73 Å². The van der Waals surface area contributed by atoms with Crippen molar-refractivity contribution in [3.05, 3.63) is 147 Å². The number of amidine groups is 1. The first-order valence-corrected chi connectivity index (χ1v) is 15.5. The molecule has 8 rings (SSSR count). The number of amides is 1. The van der Waals surface area contributed by atoms with E-state index < -0.39 is 11.0 Å². The van der Waals surface area contributed by atoms with Crippen LogP contribution in [0, 0.1) is 10.3 Å². The van der Waals surface area contributed by atoms with Crippen molar-refractivity contribution in [2.45, 2.75) is 31.2 Å². The van der Waals surface area contributed by atoms with Crippen LogP contribution in [0.2, 0.25) is 0 Å². The Labute approximate surface area is 255 Å². The Balaban J connectivity index is 1.12. The number of hydrogen-bond acceptors (Lipinski definition) is 5. The molecule has 0 saturated heterocycles. The molecule has 0 aromatic heterocycles. The van der Waals surface area contributed by atoms with Crippen LogP contribution in [-0.4, -0.2) is 29.3 Å². The van der Waals surface area contributed by atoms with Gasteiger partial charge in [-0.3, -0.25) is 4.79 Å². The van der Waals surface area contributed by atoms with Crippen LogP contribution < -0.4 is 10.1 Å². The molecule has 1 amide bonds. The zero-order chi connectivity index (χ0) is 29.6. The van der Waals surface area contributed by atoms with Gasteiger partial charge in [0.25, 0.3) is 5.54 Å². The Bertz CT molecular complexity index is 1750. The SMILES string of the molecule is C[N+](=O)C12CC(C)(C(=O)NC3=NC(Cc4ccc(Oc5ccccc5)cc4)=CSC3)C(c3ccccc31)c1ccccc12. The Morgan fingerprint density at radius 1 is 0.907 bits per heavy atom. The number of fused-ring (bicyclic) bond motifs is 1. The molecule has 43 heavy (non-hydrogen) atoms. The molecule has 0 radical (unpaired) electrons. The number of para-hydroxylation sites is 1. The molecule has 3 aliphatic carbocycles. The van der Waals surface area contributed by atoms with Crippen LogP contribution >= 0.6 is 11.8 Å². The average molecular weight is 587 g/mol. The van der Waals surface area contributed by atoms with E-state index in [-0.39, 0.29) is 11.8 Å². The molecule has 0 fully saturated rings. The molecule has 1 N–H and O–H groups in total. The molecule has 1 aliphatic heterocycles. The summed E-state index contributed by atoms with van der Waals surface area (Å²) in [4.78, 5) is 32.6. The van der Waals surface area contributed by atoms with E-state index in [1.165, 1.54) is 0 Å². The van der Waals surface area contributed by atoms with Crippen LogP contribution in [0.5, 0.6) is 11.5 Å². The minimum absolute atomic E-state index is 0.101. The summed E-state index contributed by atoms with van der Waals surface area (Å²) in [6.45, 7) is 2.00. The molecule has 4 aromatic carbocycles. The lowest BCUT2D eigenvalue weighted by molar-refractivity contribution is -0.606. The summed E-state index contributed by atoms with van der Waals surface area (Å²) >= 11 is 1.63. The average Bonchev–Trinajstić information content (AvgIpc) is 3.02. The Morgan fingerprint density at radius 2 is 1.51 bits per heavy atom. The quantitative estimate of drug-likeness (QED) is 0.240. The van der Waals surface area contributed by atoms with E-state index in [1.807, 2.05) is 97.9 Å². The maximum Gasteiger partial charge on any atom is 0.261 e. The molecule has 1 unspecified atom stereocenters. The van der Waals surface area contributed by atoms with Gasteiger partial charge in [0.1, 0.15) is 17.3 Å². The van der Waals surface area contributed by atoms with Gasteiger partial charge < -0.3 is 10.1 Å². The van der Waals surface area contributed by atoms with Gasteiger partial charge in [-0.1, -0.05) is 78.9 Å². The zero-order valence-electron chi connectivity index (χ0n) is 24.1. The molecule has 1 atom stereocenters. The highest BCUT2D eigenvalue weighted by Crippen LogP contribution is 2.63. The third kappa shape index (κ3) is 4.59. The molecule has 0 saturated carbocycles. The van der Waals surface area contributed by atoms with Crippen molar-refractivity contribution in [3.63, 3.8) is 0 Å².